The van der Waals surface area contributed by atoms with Crippen molar-refractivity contribution in [3.05, 3.63) is 22.4 Å². The largest absolute Gasteiger partial charge is 0.357 e. The number of thiophene rings is 1. The number of hydrogen-bond donors (Lipinski definition) is 3. The van der Waals surface area contributed by atoms with Crippen LogP contribution in [0.4, 0.5) is 0 Å². The number of guanidine groups is 1. The van der Waals surface area contributed by atoms with Gasteiger partial charge in [-0.1, -0.05) is 12.5 Å². The number of likely N-dealkylation sites (tertiary alicyclic amines) is 1. The molecular weight excluding hydrogens is 334 g/mol. The molecule has 1 fully saturated rings. The third-order valence-corrected chi connectivity index (χ3v) is 5.02. The van der Waals surface area contributed by atoms with Gasteiger partial charge in [0, 0.05) is 32.7 Å². The highest BCUT2D eigenvalue weighted by atomic mass is 32.1. The van der Waals surface area contributed by atoms with Gasteiger partial charge in [0.2, 0.25) is 0 Å². The van der Waals surface area contributed by atoms with Gasteiger partial charge in [-0.25, -0.2) is 0 Å². The van der Waals surface area contributed by atoms with E-state index in [1.807, 2.05) is 17.5 Å². The fourth-order valence-electron chi connectivity index (χ4n) is 2.82. The van der Waals surface area contributed by atoms with Crippen molar-refractivity contribution in [3.8, 4) is 0 Å². The summed E-state index contributed by atoms with van der Waals surface area (Å²) in [6, 6.07) is 3.73. The highest BCUT2D eigenvalue weighted by molar-refractivity contribution is 7.12. The molecule has 0 unspecified atom stereocenters. The van der Waals surface area contributed by atoms with E-state index >= 15 is 0 Å². The number of aliphatic imine (C=N–C) groups is 1. The van der Waals surface area contributed by atoms with Crippen LogP contribution in [0.3, 0.4) is 0 Å². The Morgan fingerprint density at radius 3 is 2.76 bits per heavy atom. The van der Waals surface area contributed by atoms with Gasteiger partial charge in [0.05, 0.1) is 4.88 Å². The van der Waals surface area contributed by atoms with Crippen LogP contribution in [0.1, 0.15) is 42.3 Å². The lowest BCUT2D eigenvalue weighted by atomic mass is 10.1. The molecule has 25 heavy (non-hydrogen) atoms. The summed E-state index contributed by atoms with van der Waals surface area (Å²) in [6.07, 6.45) is 4.85. The van der Waals surface area contributed by atoms with Crippen LogP contribution >= 0.6 is 11.3 Å². The Morgan fingerprint density at radius 1 is 1.20 bits per heavy atom. The molecule has 0 radical (unpaired) electrons. The third kappa shape index (κ3) is 7.88. The average molecular weight is 366 g/mol. The Labute approximate surface area is 155 Å². The van der Waals surface area contributed by atoms with Crippen LogP contribution in [0, 0.1) is 0 Å². The van der Waals surface area contributed by atoms with E-state index in [-0.39, 0.29) is 5.91 Å². The van der Waals surface area contributed by atoms with Gasteiger partial charge < -0.3 is 20.9 Å². The molecule has 140 valence electrons. The third-order valence-electron chi connectivity index (χ3n) is 4.15. The molecule has 1 amide bonds. The molecule has 7 heteroatoms. The number of hydrogen-bond acceptors (Lipinski definition) is 4. The molecule has 0 aromatic carbocycles. The van der Waals surface area contributed by atoms with Gasteiger partial charge in [0.15, 0.2) is 5.96 Å². The molecule has 0 atom stereocenters. The first-order valence-electron chi connectivity index (χ1n) is 9.36. The number of piperidine rings is 1. The van der Waals surface area contributed by atoms with Crippen LogP contribution in [0.2, 0.25) is 0 Å². The Kier molecular flexibility index (Phi) is 9.36. The lowest BCUT2D eigenvalue weighted by Crippen LogP contribution is -2.42. The quantitative estimate of drug-likeness (QED) is 0.355. The summed E-state index contributed by atoms with van der Waals surface area (Å²) >= 11 is 1.46. The first-order chi connectivity index (χ1) is 12.3. The molecule has 0 saturated carbocycles. The molecule has 6 nitrogen and oxygen atoms in total. The maximum absolute atomic E-state index is 11.8. The summed E-state index contributed by atoms with van der Waals surface area (Å²) < 4.78 is 0. The van der Waals surface area contributed by atoms with Gasteiger partial charge >= 0.3 is 0 Å². The number of nitrogens with one attached hydrogen (secondary N) is 3. The van der Waals surface area contributed by atoms with E-state index in [9.17, 15) is 4.79 Å². The van der Waals surface area contributed by atoms with E-state index in [1.165, 1.54) is 43.7 Å². The van der Waals surface area contributed by atoms with Crippen molar-refractivity contribution >= 4 is 23.2 Å². The second-order valence-corrected chi connectivity index (χ2v) is 7.12. The molecule has 0 spiro atoms. The number of carbonyl (C=O) groups is 1. The molecule has 3 N–H and O–H groups in total. The van der Waals surface area contributed by atoms with Gasteiger partial charge in [-0.2, -0.15) is 0 Å². The van der Waals surface area contributed by atoms with Gasteiger partial charge in [0.25, 0.3) is 5.91 Å². The summed E-state index contributed by atoms with van der Waals surface area (Å²) in [6.45, 7) is 8.70. The lowest BCUT2D eigenvalue weighted by molar-refractivity contribution is 0.0957. The topological polar surface area (TPSA) is 68.8 Å². The van der Waals surface area contributed by atoms with Crippen molar-refractivity contribution in [3.63, 3.8) is 0 Å². The average Bonchev–Trinajstić information content (AvgIpc) is 3.17. The van der Waals surface area contributed by atoms with Crippen molar-refractivity contribution in [1.82, 2.24) is 20.9 Å². The van der Waals surface area contributed by atoms with Crippen molar-refractivity contribution in [2.45, 2.75) is 32.6 Å². The van der Waals surface area contributed by atoms with Crippen molar-refractivity contribution in [2.75, 3.05) is 45.8 Å². The maximum Gasteiger partial charge on any atom is 0.261 e. The molecule has 1 aromatic heterocycles. The van der Waals surface area contributed by atoms with Gasteiger partial charge in [-0.05, 0) is 50.7 Å². The molecule has 2 heterocycles. The Hall–Kier alpha value is -1.60. The number of carbonyl (C=O) groups excluding carboxylic acids is 1. The van der Waals surface area contributed by atoms with Crippen LogP contribution in [0.15, 0.2) is 22.5 Å². The zero-order valence-electron chi connectivity index (χ0n) is 15.2. The fraction of sp³-hybridized carbons (Fsp3) is 0.667. The van der Waals surface area contributed by atoms with Crippen LogP contribution in [0.5, 0.6) is 0 Å². The Balaban J connectivity index is 1.60. The second kappa shape index (κ2) is 11.9. The van der Waals surface area contributed by atoms with Crippen LogP contribution < -0.4 is 16.0 Å². The van der Waals surface area contributed by atoms with E-state index in [4.69, 9.17) is 0 Å². The minimum atomic E-state index is 0.00513. The van der Waals surface area contributed by atoms with Crippen molar-refractivity contribution < 1.29 is 4.79 Å². The molecular formula is C18H31N5OS. The maximum atomic E-state index is 11.8. The molecule has 1 aliphatic heterocycles. The highest BCUT2D eigenvalue weighted by Gasteiger charge is 2.09. The van der Waals surface area contributed by atoms with E-state index in [0.29, 0.717) is 13.1 Å². The molecule has 1 aliphatic rings. The van der Waals surface area contributed by atoms with Gasteiger partial charge in [-0.3, -0.25) is 9.79 Å². The Morgan fingerprint density at radius 2 is 2.04 bits per heavy atom. The zero-order chi connectivity index (χ0) is 17.7. The van der Waals surface area contributed by atoms with Crippen molar-refractivity contribution in [1.29, 1.82) is 0 Å². The summed E-state index contributed by atoms with van der Waals surface area (Å²) in [7, 11) is 0. The SMILES string of the molecule is CCNC(=NCCCNC(=O)c1cccs1)NCCN1CCCCC1. The molecule has 0 aliphatic carbocycles. The van der Waals surface area contributed by atoms with E-state index in [1.54, 1.807) is 0 Å². The first kappa shape index (κ1) is 19.7. The predicted molar refractivity (Wildman–Crippen MR) is 106 cm³/mol. The lowest BCUT2D eigenvalue weighted by Gasteiger charge is -2.26. The molecule has 1 saturated heterocycles. The van der Waals surface area contributed by atoms with Gasteiger partial charge in [0.1, 0.15) is 0 Å². The first-order valence-corrected chi connectivity index (χ1v) is 10.2. The minimum absolute atomic E-state index is 0.00513. The van der Waals surface area contributed by atoms with E-state index < -0.39 is 0 Å². The summed E-state index contributed by atoms with van der Waals surface area (Å²) in [5.74, 6) is 0.870. The smallest absolute Gasteiger partial charge is 0.261 e. The Bertz CT molecular complexity index is 512. The summed E-state index contributed by atoms with van der Waals surface area (Å²) in [4.78, 5) is 19.7. The second-order valence-electron chi connectivity index (χ2n) is 6.18. The highest BCUT2D eigenvalue weighted by Crippen LogP contribution is 2.08. The number of amides is 1. The minimum Gasteiger partial charge on any atom is -0.357 e. The van der Waals surface area contributed by atoms with Crippen LogP contribution in [-0.4, -0.2) is 62.6 Å². The van der Waals surface area contributed by atoms with Crippen LogP contribution in [0.25, 0.3) is 0 Å². The van der Waals surface area contributed by atoms with E-state index in [0.717, 1.165) is 36.9 Å². The monoisotopic (exact) mass is 365 g/mol. The molecule has 2 rings (SSSR count). The van der Waals surface area contributed by atoms with Crippen molar-refractivity contribution in [2.24, 2.45) is 4.99 Å². The number of rotatable bonds is 9. The molecule has 1 aromatic rings. The zero-order valence-corrected chi connectivity index (χ0v) is 16.0. The predicted octanol–water partition coefficient (Wildman–Crippen LogP) is 1.91. The fourth-order valence-corrected chi connectivity index (χ4v) is 3.46. The normalized spacial score (nSPS) is 15.8. The summed E-state index contributed by atoms with van der Waals surface area (Å²) in [5.41, 5.74) is 0. The summed E-state index contributed by atoms with van der Waals surface area (Å²) in [5, 5.41) is 11.5. The molecule has 0 bridgehead atoms. The van der Waals surface area contributed by atoms with E-state index in [2.05, 4.69) is 32.8 Å². The number of nitrogens with zero attached hydrogens (tertiary/aromatic N) is 2. The van der Waals surface area contributed by atoms with Gasteiger partial charge in [-0.15, -0.1) is 11.3 Å². The van der Waals surface area contributed by atoms with Crippen LogP contribution in [-0.2, 0) is 0 Å². The standard InChI is InChI=1S/C18H31N5OS/c1-2-19-18(22-11-14-23-12-4-3-5-13-23)21-10-7-9-20-17(24)16-8-6-15-25-16/h6,8,15H,2-5,7,9-14H2,1H3,(H,20,24)(H2,19,21,22).